The van der Waals surface area contributed by atoms with Crippen molar-refractivity contribution in [3.8, 4) is 0 Å². The molecular weight excluding hydrogens is 170 g/mol. The molecule has 1 fully saturated rings. The van der Waals surface area contributed by atoms with Gasteiger partial charge in [0.15, 0.2) is 0 Å². The highest BCUT2D eigenvalue weighted by molar-refractivity contribution is 5.67. The lowest BCUT2D eigenvalue weighted by molar-refractivity contribution is -0.140. The number of hydrogen-bond acceptors (Lipinski definition) is 3. The van der Waals surface area contributed by atoms with Crippen molar-refractivity contribution in [2.24, 2.45) is 11.7 Å². The van der Waals surface area contributed by atoms with E-state index in [4.69, 9.17) is 10.8 Å². The van der Waals surface area contributed by atoms with E-state index in [0.717, 1.165) is 25.7 Å². The summed E-state index contributed by atoms with van der Waals surface area (Å²) in [6, 6.07) is 0.244. The van der Waals surface area contributed by atoms with Crippen molar-refractivity contribution in [3.05, 3.63) is 0 Å². The van der Waals surface area contributed by atoms with E-state index in [9.17, 15) is 9.90 Å². The molecule has 1 aliphatic rings. The van der Waals surface area contributed by atoms with Crippen molar-refractivity contribution in [2.45, 2.75) is 44.2 Å². The first kappa shape index (κ1) is 10.5. The smallest absolute Gasteiger partial charge is 0.305 e. The average molecular weight is 187 g/mol. The Bertz CT molecular complexity index is 176. The Balaban J connectivity index is 2.31. The number of nitrogens with two attached hydrogens (primary N) is 1. The van der Waals surface area contributed by atoms with Gasteiger partial charge in [-0.2, -0.15) is 0 Å². The Morgan fingerprint density at radius 1 is 1.38 bits per heavy atom. The van der Waals surface area contributed by atoms with E-state index in [2.05, 4.69) is 0 Å². The third kappa shape index (κ3) is 3.32. The Morgan fingerprint density at radius 2 is 1.92 bits per heavy atom. The normalized spacial score (nSPS) is 31.2. The maximum atomic E-state index is 10.3. The number of aliphatic hydroxyl groups excluding tert-OH is 1. The van der Waals surface area contributed by atoms with Crippen molar-refractivity contribution >= 4 is 5.97 Å². The molecule has 13 heavy (non-hydrogen) atoms. The van der Waals surface area contributed by atoms with Gasteiger partial charge in [-0.1, -0.05) is 0 Å². The number of carboxylic acid groups (broad SMARTS) is 1. The summed E-state index contributed by atoms with van der Waals surface area (Å²) in [7, 11) is 0. The van der Waals surface area contributed by atoms with Crippen LogP contribution in [0, 0.1) is 5.92 Å². The van der Waals surface area contributed by atoms with Crippen molar-refractivity contribution in [3.63, 3.8) is 0 Å². The maximum Gasteiger partial charge on any atom is 0.305 e. The summed E-state index contributed by atoms with van der Waals surface area (Å²) < 4.78 is 0. The summed E-state index contributed by atoms with van der Waals surface area (Å²) in [6.45, 7) is 0. The molecule has 1 aliphatic carbocycles. The summed E-state index contributed by atoms with van der Waals surface area (Å²) >= 11 is 0. The van der Waals surface area contributed by atoms with Crippen LogP contribution in [-0.2, 0) is 4.79 Å². The highest BCUT2D eigenvalue weighted by Crippen LogP contribution is 2.27. The van der Waals surface area contributed by atoms with Gasteiger partial charge in [0.25, 0.3) is 0 Å². The van der Waals surface area contributed by atoms with E-state index in [-0.39, 0.29) is 18.4 Å². The zero-order valence-electron chi connectivity index (χ0n) is 7.65. The highest BCUT2D eigenvalue weighted by Gasteiger charge is 2.26. The lowest BCUT2D eigenvalue weighted by Crippen LogP contribution is -2.32. The van der Waals surface area contributed by atoms with Gasteiger partial charge in [-0.05, 0) is 31.6 Å². The molecule has 0 aromatic rings. The third-order valence-electron chi connectivity index (χ3n) is 2.74. The summed E-state index contributed by atoms with van der Waals surface area (Å²) in [5, 5.41) is 18.0. The Labute approximate surface area is 77.7 Å². The first-order valence-electron chi connectivity index (χ1n) is 4.75. The molecule has 1 saturated carbocycles. The zero-order valence-corrected chi connectivity index (χ0v) is 7.65. The highest BCUT2D eigenvalue weighted by atomic mass is 16.4. The molecule has 0 aliphatic heterocycles. The van der Waals surface area contributed by atoms with Gasteiger partial charge in [-0.3, -0.25) is 4.79 Å². The minimum Gasteiger partial charge on any atom is -0.481 e. The lowest BCUT2D eigenvalue weighted by atomic mass is 9.82. The second-order valence-electron chi connectivity index (χ2n) is 3.84. The van der Waals surface area contributed by atoms with E-state index in [1.165, 1.54) is 0 Å². The van der Waals surface area contributed by atoms with Crippen molar-refractivity contribution < 1.29 is 15.0 Å². The largest absolute Gasteiger partial charge is 0.481 e. The van der Waals surface area contributed by atoms with Gasteiger partial charge in [-0.25, -0.2) is 0 Å². The third-order valence-corrected chi connectivity index (χ3v) is 2.74. The number of carboxylic acids is 1. The monoisotopic (exact) mass is 187 g/mol. The van der Waals surface area contributed by atoms with Gasteiger partial charge in [0.1, 0.15) is 0 Å². The molecule has 0 bridgehead atoms. The molecule has 0 saturated heterocycles. The number of aliphatic hydroxyl groups is 1. The molecule has 1 atom stereocenters. The van der Waals surface area contributed by atoms with Crippen LogP contribution in [0.3, 0.4) is 0 Å². The van der Waals surface area contributed by atoms with Gasteiger partial charge < -0.3 is 15.9 Å². The fraction of sp³-hybridized carbons (Fsp3) is 0.889. The first-order valence-corrected chi connectivity index (χ1v) is 4.75. The minimum atomic E-state index is -0.928. The van der Waals surface area contributed by atoms with E-state index in [1.54, 1.807) is 0 Å². The molecule has 0 aromatic heterocycles. The summed E-state index contributed by atoms with van der Waals surface area (Å²) in [5.41, 5.74) is 5.70. The first-order chi connectivity index (χ1) is 6.09. The molecule has 1 unspecified atom stereocenters. The Kier molecular flexibility index (Phi) is 3.69. The summed E-state index contributed by atoms with van der Waals surface area (Å²) in [4.78, 5) is 10.3. The van der Waals surface area contributed by atoms with Crippen LogP contribution in [0.1, 0.15) is 32.1 Å². The van der Waals surface area contributed by atoms with Crippen LogP contribution in [0.15, 0.2) is 0 Å². The number of hydrogen-bond donors (Lipinski definition) is 3. The topological polar surface area (TPSA) is 83.5 Å². The standard InChI is InChI=1S/C9H17NO3/c10-7-3-1-6(2-4-7)8(11)5-9(12)13/h6-8,11H,1-5,10H2,(H,12,13). The zero-order chi connectivity index (χ0) is 9.84. The predicted molar refractivity (Wildman–Crippen MR) is 48.2 cm³/mol. The predicted octanol–water partition coefficient (Wildman–Crippen LogP) is 0.339. The fourth-order valence-electron chi connectivity index (χ4n) is 1.88. The van der Waals surface area contributed by atoms with Crippen molar-refractivity contribution in [1.29, 1.82) is 0 Å². The molecule has 76 valence electrons. The molecule has 0 heterocycles. The fourth-order valence-corrected chi connectivity index (χ4v) is 1.88. The average Bonchev–Trinajstić information content (AvgIpc) is 2.04. The number of carbonyl (C=O) groups is 1. The van der Waals surface area contributed by atoms with Gasteiger partial charge >= 0.3 is 5.97 Å². The van der Waals surface area contributed by atoms with Gasteiger partial charge in [-0.15, -0.1) is 0 Å². The molecule has 0 radical (unpaired) electrons. The molecule has 4 N–H and O–H groups in total. The van der Waals surface area contributed by atoms with Crippen LogP contribution in [0.4, 0.5) is 0 Å². The molecule has 0 aromatic carbocycles. The molecule has 4 heteroatoms. The summed E-state index contributed by atoms with van der Waals surface area (Å²) in [5.74, 6) is -0.793. The second-order valence-corrected chi connectivity index (χ2v) is 3.84. The van der Waals surface area contributed by atoms with Gasteiger partial charge in [0.05, 0.1) is 12.5 Å². The minimum absolute atomic E-state index is 0.135. The molecule has 1 rings (SSSR count). The summed E-state index contributed by atoms with van der Waals surface area (Å²) in [6.07, 6.45) is 2.69. The van der Waals surface area contributed by atoms with Crippen LogP contribution in [-0.4, -0.2) is 28.3 Å². The van der Waals surface area contributed by atoms with Crippen LogP contribution in [0.25, 0.3) is 0 Å². The van der Waals surface area contributed by atoms with E-state index in [1.807, 2.05) is 0 Å². The Hall–Kier alpha value is -0.610. The Morgan fingerprint density at radius 3 is 2.38 bits per heavy atom. The van der Waals surface area contributed by atoms with E-state index >= 15 is 0 Å². The number of aliphatic carboxylic acids is 1. The molecular formula is C9H17NO3. The van der Waals surface area contributed by atoms with Crippen LogP contribution in [0.5, 0.6) is 0 Å². The number of rotatable bonds is 3. The van der Waals surface area contributed by atoms with Crippen LogP contribution < -0.4 is 5.73 Å². The molecule has 0 amide bonds. The van der Waals surface area contributed by atoms with Gasteiger partial charge in [0, 0.05) is 6.04 Å². The van der Waals surface area contributed by atoms with Crippen molar-refractivity contribution in [2.75, 3.05) is 0 Å². The van der Waals surface area contributed by atoms with Gasteiger partial charge in [0.2, 0.25) is 0 Å². The quantitative estimate of drug-likeness (QED) is 0.595. The maximum absolute atomic E-state index is 10.3. The van der Waals surface area contributed by atoms with E-state index < -0.39 is 12.1 Å². The lowest BCUT2D eigenvalue weighted by Gasteiger charge is -2.28. The van der Waals surface area contributed by atoms with Crippen LogP contribution >= 0.6 is 0 Å². The van der Waals surface area contributed by atoms with Crippen molar-refractivity contribution in [1.82, 2.24) is 0 Å². The second kappa shape index (κ2) is 4.58. The van der Waals surface area contributed by atoms with E-state index in [0.29, 0.717) is 0 Å². The molecule has 0 spiro atoms. The van der Waals surface area contributed by atoms with Crippen LogP contribution in [0.2, 0.25) is 0 Å². The molecule has 4 nitrogen and oxygen atoms in total. The SMILES string of the molecule is NC1CCC(C(O)CC(=O)O)CC1.